The van der Waals surface area contributed by atoms with Gasteiger partial charge < -0.3 is 5.11 Å². The molecular weight excluding hydrogens is 177 g/mol. The standard InChI is InChI=1S/C7H4F2O2.Na.H/c8-4-1-2-6(9)5(3-4)7(10)11;;/h1-3H,(H,10,11);;. The second-order valence-corrected chi connectivity index (χ2v) is 1.93. The molecule has 0 saturated heterocycles. The zero-order chi connectivity index (χ0) is 8.43. The molecule has 60 valence electrons. The number of carboxylic acid groups (broad SMARTS) is 1. The molecule has 0 aliphatic rings. The van der Waals surface area contributed by atoms with Crippen molar-refractivity contribution >= 4 is 35.5 Å². The van der Waals surface area contributed by atoms with E-state index in [4.69, 9.17) is 5.11 Å². The number of hydrogen-bond acceptors (Lipinski definition) is 1. The fourth-order valence-corrected chi connectivity index (χ4v) is 0.661. The molecular formula is C7H5F2NaO2. The van der Waals surface area contributed by atoms with Gasteiger partial charge in [-0.25, -0.2) is 13.6 Å². The van der Waals surface area contributed by atoms with E-state index in [9.17, 15) is 13.6 Å². The quantitative estimate of drug-likeness (QED) is 0.658. The molecule has 0 aromatic heterocycles. The Balaban J connectivity index is 0.00000121. The molecule has 0 saturated carbocycles. The van der Waals surface area contributed by atoms with Crippen LogP contribution in [0.25, 0.3) is 0 Å². The van der Waals surface area contributed by atoms with Crippen molar-refractivity contribution in [3.8, 4) is 0 Å². The Hall–Kier alpha value is -0.450. The predicted molar refractivity (Wildman–Crippen MR) is 40.5 cm³/mol. The summed E-state index contributed by atoms with van der Waals surface area (Å²) in [7, 11) is 0. The Morgan fingerprint density at radius 1 is 1.33 bits per heavy atom. The number of rotatable bonds is 1. The van der Waals surface area contributed by atoms with E-state index >= 15 is 0 Å². The van der Waals surface area contributed by atoms with Crippen molar-refractivity contribution in [1.29, 1.82) is 0 Å². The monoisotopic (exact) mass is 182 g/mol. The average molecular weight is 182 g/mol. The van der Waals surface area contributed by atoms with Gasteiger partial charge >= 0.3 is 35.5 Å². The molecule has 0 aliphatic heterocycles. The topological polar surface area (TPSA) is 37.3 Å². The Bertz CT molecular complexity index is 301. The van der Waals surface area contributed by atoms with Crippen molar-refractivity contribution in [1.82, 2.24) is 0 Å². The molecule has 0 fully saturated rings. The molecule has 1 aromatic carbocycles. The van der Waals surface area contributed by atoms with Crippen LogP contribution in [0.4, 0.5) is 8.78 Å². The van der Waals surface area contributed by atoms with E-state index in [-0.39, 0.29) is 29.6 Å². The summed E-state index contributed by atoms with van der Waals surface area (Å²) in [6.07, 6.45) is 0. The number of carbonyl (C=O) groups is 1. The van der Waals surface area contributed by atoms with Gasteiger partial charge in [0, 0.05) is 0 Å². The molecule has 0 atom stereocenters. The van der Waals surface area contributed by atoms with Crippen LogP contribution in [0.5, 0.6) is 0 Å². The molecule has 2 nitrogen and oxygen atoms in total. The van der Waals surface area contributed by atoms with Crippen molar-refractivity contribution in [2.45, 2.75) is 0 Å². The molecule has 1 N–H and O–H groups in total. The van der Waals surface area contributed by atoms with Gasteiger partial charge in [0.15, 0.2) is 0 Å². The minimum absolute atomic E-state index is 0. The number of carboxylic acids is 1. The maximum absolute atomic E-state index is 12.5. The van der Waals surface area contributed by atoms with Crippen molar-refractivity contribution in [2.24, 2.45) is 0 Å². The first-order valence-corrected chi connectivity index (χ1v) is 2.79. The number of hydrogen-bond donors (Lipinski definition) is 1. The summed E-state index contributed by atoms with van der Waals surface area (Å²) in [6.45, 7) is 0. The number of aromatic carboxylic acids is 1. The summed E-state index contributed by atoms with van der Waals surface area (Å²) in [5.74, 6) is -3.16. The normalized spacial score (nSPS) is 8.83. The van der Waals surface area contributed by atoms with E-state index in [1.807, 2.05) is 0 Å². The van der Waals surface area contributed by atoms with E-state index in [0.717, 1.165) is 12.1 Å². The minimum atomic E-state index is -1.47. The third kappa shape index (κ3) is 2.55. The van der Waals surface area contributed by atoms with E-state index < -0.39 is 23.2 Å². The van der Waals surface area contributed by atoms with Gasteiger partial charge in [0.25, 0.3) is 0 Å². The molecule has 1 rings (SSSR count). The molecule has 5 heteroatoms. The van der Waals surface area contributed by atoms with Crippen LogP contribution >= 0.6 is 0 Å². The van der Waals surface area contributed by atoms with E-state index in [1.165, 1.54) is 0 Å². The van der Waals surface area contributed by atoms with Crippen molar-refractivity contribution < 1.29 is 18.7 Å². The molecule has 0 spiro atoms. The molecule has 0 amide bonds. The average Bonchev–Trinajstić information content (AvgIpc) is 1.94. The molecule has 12 heavy (non-hydrogen) atoms. The van der Waals surface area contributed by atoms with E-state index in [0.29, 0.717) is 6.07 Å². The van der Waals surface area contributed by atoms with Crippen LogP contribution in [0.3, 0.4) is 0 Å². The summed E-state index contributed by atoms with van der Waals surface area (Å²) in [6, 6.07) is 2.28. The van der Waals surface area contributed by atoms with Gasteiger partial charge in [-0.3, -0.25) is 0 Å². The van der Waals surface area contributed by atoms with Crippen LogP contribution < -0.4 is 0 Å². The first kappa shape index (κ1) is 11.6. The van der Waals surface area contributed by atoms with Crippen molar-refractivity contribution in [3.63, 3.8) is 0 Å². The van der Waals surface area contributed by atoms with Crippen LogP contribution in [0.15, 0.2) is 18.2 Å². The summed E-state index contributed by atoms with van der Waals surface area (Å²) in [5.41, 5.74) is -0.648. The Morgan fingerprint density at radius 2 is 1.92 bits per heavy atom. The van der Waals surface area contributed by atoms with Crippen molar-refractivity contribution in [2.75, 3.05) is 0 Å². The van der Waals surface area contributed by atoms with E-state index in [2.05, 4.69) is 0 Å². The summed E-state index contributed by atoms with van der Waals surface area (Å²) < 4.78 is 24.8. The van der Waals surface area contributed by atoms with Gasteiger partial charge in [-0.2, -0.15) is 0 Å². The first-order chi connectivity index (χ1) is 5.11. The zero-order valence-electron chi connectivity index (χ0n) is 5.34. The fraction of sp³-hybridized carbons (Fsp3) is 0. The van der Waals surface area contributed by atoms with Crippen LogP contribution in [-0.4, -0.2) is 40.6 Å². The number of benzene rings is 1. The third-order valence-corrected chi connectivity index (χ3v) is 1.16. The fourth-order valence-electron chi connectivity index (χ4n) is 0.661. The molecule has 0 unspecified atom stereocenters. The molecule has 0 bridgehead atoms. The van der Waals surface area contributed by atoms with Crippen LogP contribution in [-0.2, 0) is 0 Å². The maximum atomic E-state index is 12.5. The van der Waals surface area contributed by atoms with Gasteiger partial charge in [-0.05, 0) is 18.2 Å². The van der Waals surface area contributed by atoms with Gasteiger partial charge in [-0.1, -0.05) is 0 Å². The van der Waals surface area contributed by atoms with Gasteiger partial charge in [0.2, 0.25) is 0 Å². The Labute approximate surface area is 89.5 Å². The SMILES string of the molecule is O=C(O)c1cc(F)ccc1F.[NaH]. The Kier molecular flexibility index (Phi) is 4.37. The molecule has 0 radical (unpaired) electrons. The van der Waals surface area contributed by atoms with E-state index in [1.54, 1.807) is 0 Å². The van der Waals surface area contributed by atoms with Gasteiger partial charge in [0.1, 0.15) is 11.6 Å². The second-order valence-electron chi connectivity index (χ2n) is 1.93. The number of halogens is 2. The summed E-state index contributed by atoms with van der Waals surface area (Å²) in [5, 5.41) is 8.28. The predicted octanol–water partition coefficient (Wildman–Crippen LogP) is 1.01. The third-order valence-electron chi connectivity index (χ3n) is 1.16. The molecule has 0 aliphatic carbocycles. The summed E-state index contributed by atoms with van der Waals surface area (Å²) in [4.78, 5) is 10.2. The van der Waals surface area contributed by atoms with Crippen LogP contribution in [0.2, 0.25) is 0 Å². The van der Waals surface area contributed by atoms with Gasteiger partial charge in [-0.15, -0.1) is 0 Å². The van der Waals surface area contributed by atoms with Crippen LogP contribution in [0, 0.1) is 11.6 Å². The first-order valence-electron chi connectivity index (χ1n) is 2.79. The van der Waals surface area contributed by atoms with Crippen LogP contribution in [0.1, 0.15) is 10.4 Å². The van der Waals surface area contributed by atoms with Crippen molar-refractivity contribution in [3.05, 3.63) is 35.4 Å². The Morgan fingerprint density at radius 3 is 2.33 bits per heavy atom. The van der Waals surface area contributed by atoms with Gasteiger partial charge in [0.05, 0.1) is 5.56 Å². The molecule has 1 aromatic rings. The molecule has 0 heterocycles. The second kappa shape index (κ2) is 4.54. The summed E-state index contributed by atoms with van der Waals surface area (Å²) >= 11 is 0. The zero-order valence-corrected chi connectivity index (χ0v) is 5.34.